The van der Waals surface area contributed by atoms with E-state index in [2.05, 4.69) is 4.90 Å². The minimum Gasteiger partial charge on any atom is -0.388 e. The molecule has 0 spiro atoms. The molecule has 1 fully saturated rings. The summed E-state index contributed by atoms with van der Waals surface area (Å²) >= 11 is 0. The Morgan fingerprint density at radius 1 is 1.00 bits per heavy atom. The zero-order valence-corrected chi connectivity index (χ0v) is 15.3. The molecule has 1 aliphatic heterocycles. The van der Waals surface area contributed by atoms with Gasteiger partial charge in [-0.05, 0) is 86.8 Å². The maximum Gasteiger partial charge on any atom is 0.162 e. The average molecular weight is 373 g/mol. The Bertz CT molecular complexity index is 738. The third-order valence-corrected chi connectivity index (χ3v) is 5.33. The number of halogens is 2. The van der Waals surface area contributed by atoms with Crippen LogP contribution in [0, 0.1) is 17.6 Å². The van der Waals surface area contributed by atoms with E-state index in [4.69, 9.17) is 0 Å². The van der Waals surface area contributed by atoms with Gasteiger partial charge in [0.1, 0.15) is 11.6 Å². The zero-order chi connectivity index (χ0) is 19.2. The van der Waals surface area contributed by atoms with Crippen LogP contribution in [0.3, 0.4) is 0 Å². The van der Waals surface area contributed by atoms with Crippen molar-refractivity contribution in [3.8, 4) is 0 Å². The quantitative estimate of drug-likeness (QED) is 0.733. The number of hydrogen-bond acceptors (Lipinski definition) is 3. The van der Waals surface area contributed by atoms with E-state index in [0.717, 1.165) is 44.5 Å². The Morgan fingerprint density at radius 2 is 1.56 bits per heavy atom. The number of likely N-dealkylation sites (tertiary alicyclic amines) is 1. The average Bonchev–Trinajstić information content (AvgIpc) is 2.69. The summed E-state index contributed by atoms with van der Waals surface area (Å²) < 4.78 is 25.9. The molecule has 27 heavy (non-hydrogen) atoms. The third kappa shape index (κ3) is 5.44. The molecule has 1 aliphatic rings. The summed E-state index contributed by atoms with van der Waals surface area (Å²) in [5.41, 5.74) is 1.32. The number of piperidine rings is 1. The Labute approximate surface area is 158 Å². The summed E-state index contributed by atoms with van der Waals surface area (Å²) in [7, 11) is 0. The van der Waals surface area contributed by atoms with Crippen molar-refractivity contribution in [1.29, 1.82) is 0 Å². The number of carbonyl (C=O) groups is 1. The molecule has 1 heterocycles. The Hall–Kier alpha value is -2.11. The summed E-state index contributed by atoms with van der Waals surface area (Å²) in [4.78, 5) is 14.4. The van der Waals surface area contributed by atoms with E-state index < -0.39 is 6.10 Å². The second-order valence-corrected chi connectivity index (χ2v) is 7.21. The van der Waals surface area contributed by atoms with Gasteiger partial charge in [-0.3, -0.25) is 4.79 Å². The minimum absolute atomic E-state index is 0.0385. The van der Waals surface area contributed by atoms with E-state index in [0.29, 0.717) is 12.0 Å². The molecule has 144 valence electrons. The van der Waals surface area contributed by atoms with Crippen molar-refractivity contribution >= 4 is 5.78 Å². The van der Waals surface area contributed by atoms with E-state index >= 15 is 0 Å². The summed E-state index contributed by atoms with van der Waals surface area (Å²) in [6.45, 7) is 2.60. The van der Waals surface area contributed by atoms with Crippen LogP contribution in [-0.4, -0.2) is 35.4 Å². The van der Waals surface area contributed by atoms with Crippen LogP contribution in [0.25, 0.3) is 0 Å². The van der Waals surface area contributed by atoms with Gasteiger partial charge in [-0.25, -0.2) is 8.78 Å². The number of ketones is 1. The van der Waals surface area contributed by atoms with Crippen molar-refractivity contribution in [1.82, 2.24) is 4.90 Å². The molecular weight excluding hydrogens is 348 g/mol. The molecule has 2 aromatic carbocycles. The molecular formula is C22H25F2NO2. The molecule has 2 aromatic rings. The molecule has 0 amide bonds. The van der Waals surface area contributed by atoms with Crippen LogP contribution >= 0.6 is 0 Å². The SMILES string of the molecule is O=C(CCCN1CCC([C@@H](O)c2ccc(F)cc2)CC1)c1ccc(F)cc1. The molecule has 5 heteroatoms. The number of hydrogen-bond donors (Lipinski definition) is 1. The highest BCUT2D eigenvalue weighted by Gasteiger charge is 2.26. The van der Waals surface area contributed by atoms with Crippen molar-refractivity contribution in [3.05, 3.63) is 71.3 Å². The monoisotopic (exact) mass is 373 g/mol. The van der Waals surface area contributed by atoms with Crippen molar-refractivity contribution in [3.63, 3.8) is 0 Å². The smallest absolute Gasteiger partial charge is 0.162 e. The molecule has 3 rings (SSSR count). The maximum atomic E-state index is 13.0. The number of benzene rings is 2. The van der Waals surface area contributed by atoms with Gasteiger partial charge in [0.15, 0.2) is 5.78 Å². The fourth-order valence-electron chi connectivity index (χ4n) is 3.67. The lowest BCUT2D eigenvalue weighted by molar-refractivity contribution is 0.0582. The van der Waals surface area contributed by atoms with Gasteiger partial charge in [0.2, 0.25) is 0 Å². The number of aliphatic hydroxyl groups is 1. The largest absolute Gasteiger partial charge is 0.388 e. The van der Waals surface area contributed by atoms with Crippen LogP contribution in [-0.2, 0) is 0 Å². The molecule has 0 saturated carbocycles. The molecule has 0 aromatic heterocycles. The number of Topliss-reactive ketones (excluding diaryl/α,β-unsaturated/α-hetero) is 1. The lowest BCUT2D eigenvalue weighted by Crippen LogP contribution is -2.36. The highest BCUT2D eigenvalue weighted by Crippen LogP contribution is 2.30. The topological polar surface area (TPSA) is 40.5 Å². The standard InChI is InChI=1S/C22H25F2NO2/c23-19-7-3-16(4-8-19)21(26)2-1-13-25-14-11-18(12-15-25)22(27)17-5-9-20(24)10-6-17/h3-10,18,22,27H,1-2,11-15H2/t22-/m0/s1. The van der Waals surface area contributed by atoms with Crippen LogP contribution in [0.2, 0.25) is 0 Å². The molecule has 3 nitrogen and oxygen atoms in total. The summed E-state index contributed by atoms with van der Waals surface area (Å²) in [6, 6.07) is 11.7. The maximum absolute atomic E-state index is 13.0. The first-order valence-corrected chi connectivity index (χ1v) is 9.47. The molecule has 1 atom stereocenters. The Balaban J connectivity index is 1.40. The molecule has 0 bridgehead atoms. The fourth-order valence-corrected chi connectivity index (χ4v) is 3.67. The minimum atomic E-state index is -0.562. The van der Waals surface area contributed by atoms with Gasteiger partial charge < -0.3 is 10.0 Å². The normalized spacial score (nSPS) is 17.0. The predicted octanol–water partition coefficient (Wildman–Crippen LogP) is 4.37. The van der Waals surface area contributed by atoms with Crippen LogP contribution in [0.15, 0.2) is 48.5 Å². The summed E-state index contributed by atoms with van der Waals surface area (Å²) in [6.07, 6.45) is 2.41. The van der Waals surface area contributed by atoms with Crippen molar-refractivity contribution in [2.75, 3.05) is 19.6 Å². The van der Waals surface area contributed by atoms with Crippen LogP contribution in [0.4, 0.5) is 8.78 Å². The highest BCUT2D eigenvalue weighted by molar-refractivity contribution is 5.95. The van der Waals surface area contributed by atoms with Crippen LogP contribution in [0.5, 0.6) is 0 Å². The first-order chi connectivity index (χ1) is 13.0. The van der Waals surface area contributed by atoms with Crippen molar-refractivity contribution in [2.24, 2.45) is 5.92 Å². The number of carbonyl (C=O) groups excluding carboxylic acids is 1. The van der Waals surface area contributed by atoms with Gasteiger partial charge >= 0.3 is 0 Å². The van der Waals surface area contributed by atoms with Crippen molar-refractivity contribution < 1.29 is 18.7 Å². The predicted molar refractivity (Wildman–Crippen MR) is 100 cm³/mol. The van der Waals surface area contributed by atoms with E-state index in [1.807, 2.05) is 0 Å². The molecule has 1 saturated heterocycles. The van der Waals surface area contributed by atoms with E-state index in [-0.39, 0.29) is 23.3 Å². The number of aliphatic hydroxyl groups excluding tert-OH is 1. The van der Waals surface area contributed by atoms with E-state index in [1.165, 1.54) is 36.4 Å². The number of rotatable bonds is 7. The molecule has 0 unspecified atom stereocenters. The molecule has 0 radical (unpaired) electrons. The summed E-state index contributed by atoms with van der Waals surface area (Å²) in [5.74, 6) is -0.419. The second kappa shape index (κ2) is 9.20. The second-order valence-electron chi connectivity index (χ2n) is 7.21. The molecule has 0 aliphatic carbocycles. The van der Waals surface area contributed by atoms with Gasteiger partial charge in [0, 0.05) is 12.0 Å². The van der Waals surface area contributed by atoms with Gasteiger partial charge in [0.05, 0.1) is 6.10 Å². The first-order valence-electron chi connectivity index (χ1n) is 9.47. The lowest BCUT2D eigenvalue weighted by atomic mass is 9.87. The third-order valence-electron chi connectivity index (χ3n) is 5.33. The molecule has 1 N–H and O–H groups in total. The zero-order valence-electron chi connectivity index (χ0n) is 15.3. The fraction of sp³-hybridized carbons (Fsp3) is 0.409. The van der Waals surface area contributed by atoms with Gasteiger partial charge in [-0.1, -0.05) is 12.1 Å². The summed E-state index contributed by atoms with van der Waals surface area (Å²) in [5, 5.41) is 10.5. The van der Waals surface area contributed by atoms with E-state index in [9.17, 15) is 18.7 Å². The van der Waals surface area contributed by atoms with E-state index in [1.54, 1.807) is 12.1 Å². The number of nitrogens with zero attached hydrogens (tertiary/aromatic N) is 1. The van der Waals surface area contributed by atoms with Crippen molar-refractivity contribution in [2.45, 2.75) is 31.8 Å². The van der Waals surface area contributed by atoms with Crippen LogP contribution in [0.1, 0.15) is 47.7 Å². The Morgan fingerprint density at radius 3 is 2.15 bits per heavy atom. The van der Waals surface area contributed by atoms with Crippen LogP contribution < -0.4 is 0 Å². The first kappa shape index (κ1) is 19.6. The highest BCUT2D eigenvalue weighted by atomic mass is 19.1. The van der Waals surface area contributed by atoms with Gasteiger partial charge in [-0.2, -0.15) is 0 Å². The Kier molecular flexibility index (Phi) is 6.69. The van der Waals surface area contributed by atoms with Gasteiger partial charge in [0.25, 0.3) is 0 Å². The van der Waals surface area contributed by atoms with Gasteiger partial charge in [-0.15, -0.1) is 0 Å². The lowest BCUT2D eigenvalue weighted by Gasteiger charge is -2.34.